The zero-order valence-corrected chi connectivity index (χ0v) is 17.0. The highest BCUT2D eigenvalue weighted by atomic mass is 16.2. The van der Waals surface area contributed by atoms with Crippen molar-refractivity contribution in [3.63, 3.8) is 0 Å². The van der Waals surface area contributed by atoms with E-state index in [0.717, 1.165) is 44.1 Å². The summed E-state index contributed by atoms with van der Waals surface area (Å²) in [6, 6.07) is 0. The third-order valence-electron chi connectivity index (χ3n) is 8.30. The Hall–Kier alpha value is -1.71. The van der Waals surface area contributed by atoms with Crippen molar-refractivity contribution >= 4 is 17.5 Å². The van der Waals surface area contributed by atoms with E-state index in [4.69, 9.17) is 0 Å². The lowest BCUT2D eigenvalue weighted by Crippen LogP contribution is -2.51. The first kappa shape index (κ1) is 18.6. The Bertz CT molecular complexity index is 791. The molecule has 0 aromatic heterocycles. The van der Waals surface area contributed by atoms with Gasteiger partial charge in [-0.05, 0) is 60.8 Å². The van der Waals surface area contributed by atoms with Crippen LogP contribution in [0.3, 0.4) is 0 Å². The quantitative estimate of drug-likeness (QED) is 0.797. The molecule has 4 aliphatic rings. The molecule has 146 valence electrons. The van der Waals surface area contributed by atoms with Crippen LogP contribution in [0.5, 0.6) is 0 Å². The van der Waals surface area contributed by atoms with E-state index < -0.39 is 0 Å². The Kier molecular flexibility index (Phi) is 4.25. The van der Waals surface area contributed by atoms with Gasteiger partial charge in [-0.25, -0.2) is 0 Å². The second-order valence-electron chi connectivity index (χ2n) is 9.54. The monoisotopic (exact) mass is 369 g/mol. The van der Waals surface area contributed by atoms with E-state index >= 15 is 0 Å². The third-order valence-corrected chi connectivity index (χ3v) is 8.30. The first-order valence-electron chi connectivity index (χ1n) is 10.5. The van der Waals surface area contributed by atoms with Crippen molar-refractivity contribution in [1.29, 1.82) is 0 Å². The molecule has 4 heteroatoms. The second-order valence-corrected chi connectivity index (χ2v) is 9.54. The van der Waals surface area contributed by atoms with E-state index in [2.05, 4.69) is 32.2 Å². The van der Waals surface area contributed by atoms with Gasteiger partial charge >= 0.3 is 0 Å². The molecule has 5 atom stereocenters. The van der Waals surface area contributed by atoms with Gasteiger partial charge in [-0.3, -0.25) is 14.4 Å². The lowest BCUT2D eigenvalue weighted by molar-refractivity contribution is -0.131. The summed E-state index contributed by atoms with van der Waals surface area (Å²) in [5, 5.41) is 2.85. The number of carbonyl (C=O) groups is 3. The number of hydrogen-bond acceptors (Lipinski definition) is 3. The molecule has 1 N–H and O–H groups in total. The van der Waals surface area contributed by atoms with Gasteiger partial charge in [-0.1, -0.05) is 32.4 Å². The third kappa shape index (κ3) is 2.51. The Labute approximate surface area is 161 Å². The Morgan fingerprint density at radius 1 is 1.11 bits per heavy atom. The van der Waals surface area contributed by atoms with Crippen LogP contribution < -0.4 is 5.32 Å². The molecule has 0 aromatic rings. The number of fused-ring (bicyclic) bond motifs is 5. The maximum Gasteiger partial charge on any atom is 0.221 e. The highest BCUT2D eigenvalue weighted by molar-refractivity contribution is 6.01. The maximum absolute atomic E-state index is 12.7. The van der Waals surface area contributed by atoms with Gasteiger partial charge in [0, 0.05) is 25.2 Å². The molecule has 0 radical (unpaired) electrons. The standard InChI is InChI=1S/C23H31NO3/c1-5-14-12-17-21(24-13(2)25)18(26)9-11-22(17,3)16-8-10-23(4)15(20(14)16)6-7-19(23)27/h12,15-16,20H,5-11H2,1-4H3,(H,24,25)/t15-,16-,20-,22+,23-/m0/s1. The van der Waals surface area contributed by atoms with Crippen molar-refractivity contribution in [3.8, 4) is 0 Å². The summed E-state index contributed by atoms with van der Waals surface area (Å²) < 4.78 is 0. The fourth-order valence-electron chi connectivity index (χ4n) is 6.77. The number of hydrogen-bond donors (Lipinski definition) is 1. The largest absolute Gasteiger partial charge is 0.323 e. The number of rotatable bonds is 2. The van der Waals surface area contributed by atoms with Gasteiger partial charge in [-0.15, -0.1) is 0 Å². The van der Waals surface area contributed by atoms with Crippen LogP contribution in [0.2, 0.25) is 0 Å². The average molecular weight is 370 g/mol. The fraction of sp³-hybridized carbons (Fsp3) is 0.696. The van der Waals surface area contributed by atoms with Crippen molar-refractivity contribution in [3.05, 3.63) is 22.9 Å². The normalized spacial score (nSPS) is 40.9. The second kappa shape index (κ2) is 6.15. The number of allylic oxidation sites excluding steroid dienone is 4. The summed E-state index contributed by atoms with van der Waals surface area (Å²) in [4.78, 5) is 37.0. The molecule has 0 aliphatic heterocycles. The molecular formula is C23H31NO3. The minimum atomic E-state index is -0.179. The van der Waals surface area contributed by atoms with Crippen LogP contribution in [-0.4, -0.2) is 17.5 Å². The van der Waals surface area contributed by atoms with Gasteiger partial charge in [-0.2, -0.15) is 0 Å². The van der Waals surface area contributed by atoms with E-state index in [9.17, 15) is 14.4 Å². The number of carbonyl (C=O) groups excluding carboxylic acids is 3. The molecule has 4 aliphatic carbocycles. The van der Waals surface area contributed by atoms with Crippen molar-refractivity contribution in [2.24, 2.45) is 28.6 Å². The molecule has 0 unspecified atom stereocenters. The zero-order chi connectivity index (χ0) is 19.6. The van der Waals surface area contributed by atoms with Crippen LogP contribution in [0.15, 0.2) is 22.9 Å². The molecule has 2 saturated carbocycles. The van der Waals surface area contributed by atoms with E-state index in [1.807, 2.05) is 0 Å². The number of amides is 1. The summed E-state index contributed by atoms with van der Waals surface area (Å²) in [7, 11) is 0. The SMILES string of the molecule is CCC1=CC2=C(NC(C)=O)C(=O)CC[C@]2(C)[C@H]2CC[C@]3(C)C(=O)CC[C@H]3[C@H]12. The molecule has 4 rings (SSSR count). The van der Waals surface area contributed by atoms with Gasteiger partial charge in [0.25, 0.3) is 0 Å². The molecule has 27 heavy (non-hydrogen) atoms. The van der Waals surface area contributed by atoms with Gasteiger partial charge in [0.1, 0.15) is 5.78 Å². The summed E-state index contributed by atoms with van der Waals surface area (Å²) >= 11 is 0. The van der Waals surface area contributed by atoms with Crippen LogP contribution in [-0.2, 0) is 14.4 Å². The Balaban J connectivity index is 1.88. The topological polar surface area (TPSA) is 63.2 Å². The van der Waals surface area contributed by atoms with Crippen LogP contribution in [0, 0.1) is 28.6 Å². The van der Waals surface area contributed by atoms with Crippen molar-refractivity contribution in [2.75, 3.05) is 0 Å². The molecule has 1 amide bonds. The van der Waals surface area contributed by atoms with Crippen molar-refractivity contribution < 1.29 is 14.4 Å². The molecule has 0 aromatic carbocycles. The van der Waals surface area contributed by atoms with Gasteiger partial charge in [0.15, 0.2) is 5.78 Å². The van der Waals surface area contributed by atoms with E-state index in [-0.39, 0.29) is 22.5 Å². The zero-order valence-electron chi connectivity index (χ0n) is 17.0. The lowest BCUT2D eigenvalue weighted by Gasteiger charge is -2.56. The van der Waals surface area contributed by atoms with Gasteiger partial charge < -0.3 is 5.32 Å². The predicted molar refractivity (Wildman–Crippen MR) is 104 cm³/mol. The molecule has 4 nitrogen and oxygen atoms in total. The molecule has 2 fully saturated rings. The Morgan fingerprint density at radius 3 is 2.48 bits per heavy atom. The summed E-state index contributed by atoms with van der Waals surface area (Å²) in [6.07, 6.45) is 8.20. The van der Waals surface area contributed by atoms with E-state index in [1.165, 1.54) is 12.5 Å². The maximum atomic E-state index is 12.7. The highest BCUT2D eigenvalue weighted by Crippen LogP contribution is 2.65. The first-order chi connectivity index (χ1) is 12.7. The Morgan fingerprint density at radius 2 is 1.81 bits per heavy atom. The van der Waals surface area contributed by atoms with Crippen molar-refractivity contribution in [1.82, 2.24) is 5.32 Å². The molecule has 0 spiro atoms. The number of Topliss-reactive ketones (excluding diaryl/α,β-unsaturated/α-hetero) is 2. The molecule has 0 bridgehead atoms. The minimum absolute atomic E-state index is 0.0551. The van der Waals surface area contributed by atoms with Crippen molar-refractivity contribution in [2.45, 2.75) is 72.6 Å². The molecule has 0 saturated heterocycles. The fourth-order valence-corrected chi connectivity index (χ4v) is 6.77. The number of ketones is 2. The minimum Gasteiger partial charge on any atom is -0.323 e. The molecule has 0 heterocycles. The van der Waals surface area contributed by atoms with Gasteiger partial charge in [0.2, 0.25) is 5.91 Å². The van der Waals surface area contributed by atoms with Crippen LogP contribution in [0.4, 0.5) is 0 Å². The van der Waals surface area contributed by atoms with Crippen LogP contribution in [0.25, 0.3) is 0 Å². The number of nitrogens with one attached hydrogen (secondary N) is 1. The summed E-state index contributed by atoms with van der Waals surface area (Å²) in [5.41, 5.74) is 2.67. The predicted octanol–water partition coefficient (Wildman–Crippen LogP) is 4.11. The highest BCUT2D eigenvalue weighted by Gasteiger charge is 2.60. The van der Waals surface area contributed by atoms with E-state index in [0.29, 0.717) is 35.7 Å². The van der Waals surface area contributed by atoms with E-state index in [1.54, 1.807) is 0 Å². The van der Waals surface area contributed by atoms with Crippen LogP contribution >= 0.6 is 0 Å². The summed E-state index contributed by atoms with van der Waals surface area (Å²) in [6.45, 7) is 8.13. The van der Waals surface area contributed by atoms with Crippen LogP contribution in [0.1, 0.15) is 72.6 Å². The lowest BCUT2D eigenvalue weighted by atomic mass is 9.47. The molecular weight excluding hydrogens is 338 g/mol. The summed E-state index contributed by atoms with van der Waals surface area (Å²) in [5.74, 6) is 1.63. The first-order valence-corrected chi connectivity index (χ1v) is 10.5. The van der Waals surface area contributed by atoms with Gasteiger partial charge in [0.05, 0.1) is 5.70 Å². The smallest absolute Gasteiger partial charge is 0.221 e. The average Bonchev–Trinajstić information content (AvgIpc) is 2.92.